The van der Waals surface area contributed by atoms with Crippen molar-refractivity contribution in [1.29, 1.82) is 0 Å². The lowest BCUT2D eigenvalue weighted by molar-refractivity contribution is -0.145. The number of carbonyl (C=O) groups is 1. The monoisotopic (exact) mass is 304 g/mol. The van der Waals surface area contributed by atoms with Crippen LogP contribution in [-0.2, 0) is 10.2 Å². The molecule has 1 aromatic rings. The van der Waals surface area contributed by atoms with Gasteiger partial charge in [0, 0.05) is 0 Å². The van der Waals surface area contributed by atoms with Crippen molar-refractivity contribution in [3.63, 3.8) is 0 Å². The summed E-state index contributed by atoms with van der Waals surface area (Å²) in [5.41, 5.74) is 1.79. The first-order valence-electron chi connectivity index (χ1n) is 8.14. The second-order valence-electron chi connectivity index (χ2n) is 6.46. The molecule has 21 heavy (non-hydrogen) atoms. The van der Waals surface area contributed by atoms with Gasteiger partial charge in [-0.25, -0.2) is 0 Å². The summed E-state index contributed by atoms with van der Waals surface area (Å²) >= 11 is 2.04. The second kappa shape index (κ2) is 6.43. The normalized spacial score (nSPS) is 22.9. The number of hydrogen-bond donors (Lipinski definition) is 1. The summed E-state index contributed by atoms with van der Waals surface area (Å²) < 4.78 is 0. The molecule has 1 saturated heterocycles. The van der Waals surface area contributed by atoms with Gasteiger partial charge in [-0.15, -0.1) is 0 Å². The summed E-state index contributed by atoms with van der Waals surface area (Å²) in [6.45, 7) is 0. The minimum Gasteiger partial charge on any atom is -0.481 e. The molecule has 0 amide bonds. The van der Waals surface area contributed by atoms with Gasteiger partial charge < -0.3 is 5.11 Å². The van der Waals surface area contributed by atoms with Crippen LogP contribution in [0.15, 0.2) is 24.3 Å². The minimum atomic E-state index is -0.635. The van der Waals surface area contributed by atoms with E-state index in [1.807, 2.05) is 11.8 Å². The van der Waals surface area contributed by atoms with Crippen LogP contribution >= 0.6 is 11.8 Å². The van der Waals surface area contributed by atoms with Crippen LogP contribution in [0.1, 0.15) is 62.0 Å². The predicted molar refractivity (Wildman–Crippen MR) is 88.1 cm³/mol. The highest BCUT2D eigenvalue weighted by molar-refractivity contribution is 7.99. The molecule has 0 spiro atoms. The molecule has 0 atom stereocenters. The van der Waals surface area contributed by atoms with Crippen LogP contribution < -0.4 is 0 Å². The number of rotatable bonds is 3. The number of carboxylic acid groups (broad SMARTS) is 1. The van der Waals surface area contributed by atoms with Crippen LogP contribution in [0, 0.1) is 0 Å². The molecule has 1 N–H and O–H groups in total. The summed E-state index contributed by atoms with van der Waals surface area (Å²) in [5, 5.41) is 9.76. The Kier molecular flexibility index (Phi) is 4.58. The molecule has 2 fully saturated rings. The van der Waals surface area contributed by atoms with Crippen molar-refractivity contribution in [2.24, 2.45) is 0 Å². The van der Waals surface area contributed by atoms with Crippen LogP contribution in [0.4, 0.5) is 0 Å². The smallest absolute Gasteiger partial charge is 0.314 e. The maximum Gasteiger partial charge on any atom is 0.314 e. The average molecular weight is 304 g/mol. The van der Waals surface area contributed by atoms with Gasteiger partial charge >= 0.3 is 5.97 Å². The quantitative estimate of drug-likeness (QED) is 0.888. The molecule has 3 rings (SSSR count). The van der Waals surface area contributed by atoms with E-state index in [9.17, 15) is 9.90 Å². The van der Waals surface area contributed by atoms with E-state index >= 15 is 0 Å². The van der Waals surface area contributed by atoms with Crippen molar-refractivity contribution < 1.29 is 9.90 Å². The molecule has 1 aromatic carbocycles. The van der Waals surface area contributed by atoms with Gasteiger partial charge in [-0.05, 0) is 54.2 Å². The van der Waals surface area contributed by atoms with Crippen molar-refractivity contribution in [2.45, 2.75) is 56.3 Å². The van der Waals surface area contributed by atoms with Crippen molar-refractivity contribution in [2.75, 3.05) is 11.5 Å². The van der Waals surface area contributed by atoms with Crippen LogP contribution in [-0.4, -0.2) is 22.6 Å². The third kappa shape index (κ3) is 2.98. The largest absolute Gasteiger partial charge is 0.481 e. The van der Waals surface area contributed by atoms with Crippen LogP contribution in [0.25, 0.3) is 0 Å². The number of carboxylic acids is 1. The van der Waals surface area contributed by atoms with Crippen molar-refractivity contribution in [1.82, 2.24) is 0 Å². The standard InChI is InChI=1S/C18H24O2S/c19-17(20)18(10-2-1-3-11-18)16-6-4-14(5-7-16)15-8-12-21-13-9-15/h4-7,15H,1-3,8-13H2,(H,19,20). The fraction of sp³-hybridized carbons (Fsp3) is 0.611. The summed E-state index contributed by atoms with van der Waals surface area (Å²) in [6, 6.07) is 8.57. The Balaban J connectivity index is 1.83. The fourth-order valence-corrected chi connectivity index (χ4v) is 4.99. The zero-order valence-corrected chi connectivity index (χ0v) is 13.3. The molecular weight excluding hydrogens is 280 g/mol. The average Bonchev–Trinajstić information content (AvgIpc) is 2.56. The molecule has 1 aliphatic carbocycles. The third-order valence-corrected chi connectivity index (χ3v) is 6.32. The second-order valence-corrected chi connectivity index (χ2v) is 7.68. The van der Waals surface area contributed by atoms with E-state index in [4.69, 9.17) is 0 Å². The maximum absolute atomic E-state index is 11.9. The molecule has 3 heteroatoms. The molecule has 2 aliphatic rings. The molecule has 0 unspecified atom stereocenters. The molecule has 114 valence electrons. The van der Waals surface area contributed by atoms with E-state index in [1.165, 1.54) is 36.3 Å². The molecule has 0 radical (unpaired) electrons. The number of hydrogen-bond acceptors (Lipinski definition) is 2. The highest BCUT2D eigenvalue weighted by Gasteiger charge is 2.41. The van der Waals surface area contributed by atoms with Gasteiger partial charge in [-0.3, -0.25) is 4.79 Å². The predicted octanol–water partition coefficient (Wildman–Crippen LogP) is 4.58. The number of benzene rings is 1. The molecule has 2 nitrogen and oxygen atoms in total. The van der Waals surface area contributed by atoms with E-state index in [0.29, 0.717) is 5.92 Å². The Hall–Kier alpha value is -0.960. The first kappa shape index (κ1) is 15.0. The first-order valence-corrected chi connectivity index (χ1v) is 9.29. The van der Waals surface area contributed by atoms with E-state index in [1.54, 1.807) is 0 Å². The zero-order valence-electron chi connectivity index (χ0n) is 12.5. The van der Waals surface area contributed by atoms with Gasteiger partial charge in [0.05, 0.1) is 5.41 Å². The van der Waals surface area contributed by atoms with Gasteiger partial charge in [0.15, 0.2) is 0 Å². The molecule has 1 aliphatic heterocycles. The maximum atomic E-state index is 11.9. The fourth-order valence-electron chi connectivity index (χ4n) is 3.89. The topological polar surface area (TPSA) is 37.3 Å². The van der Waals surface area contributed by atoms with Gasteiger partial charge in [0.1, 0.15) is 0 Å². The molecular formula is C18H24O2S. The Morgan fingerprint density at radius 2 is 1.67 bits per heavy atom. The first-order chi connectivity index (χ1) is 10.2. The van der Waals surface area contributed by atoms with Gasteiger partial charge in [-0.1, -0.05) is 43.5 Å². The molecule has 1 heterocycles. The minimum absolute atomic E-state index is 0.626. The van der Waals surface area contributed by atoms with E-state index in [0.717, 1.165) is 31.2 Å². The van der Waals surface area contributed by atoms with Gasteiger partial charge in [-0.2, -0.15) is 11.8 Å². The van der Waals surface area contributed by atoms with E-state index < -0.39 is 11.4 Å². The zero-order chi connectivity index (χ0) is 14.7. The summed E-state index contributed by atoms with van der Waals surface area (Å²) in [7, 11) is 0. The van der Waals surface area contributed by atoms with E-state index in [-0.39, 0.29) is 0 Å². The van der Waals surface area contributed by atoms with Gasteiger partial charge in [0.2, 0.25) is 0 Å². The lowest BCUT2D eigenvalue weighted by Crippen LogP contribution is -2.37. The Morgan fingerprint density at radius 3 is 2.24 bits per heavy atom. The lowest BCUT2D eigenvalue weighted by atomic mass is 9.69. The van der Waals surface area contributed by atoms with Crippen LogP contribution in [0.2, 0.25) is 0 Å². The Labute approximate surface area is 131 Å². The Morgan fingerprint density at radius 1 is 1.05 bits per heavy atom. The van der Waals surface area contributed by atoms with E-state index in [2.05, 4.69) is 24.3 Å². The van der Waals surface area contributed by atoms with Crippen molar-refractivity contribution in [3.05, 3.63) is 35.4 Å². The third-order valence-electron chi connectivity index (χ3n) is 5.27. The molecule has 0 bridgehead atoms. The van der Waals surface area contributed by atoms with Crippen LogP contribution in [0.5, 0.6) is 0 Å². The highest BCUT2D eigenvalue weighted by atomic mass is 32.2. The number of thioether (sulfide) groups is 1. The molecule has 1 saturated carbocycles. The van der Waals surface area contributed by atoms with Crippen molar-refractivity contribution >= 4 is 17.7 Å². The highest BCUT2D eigenvalue weighted by Crippen LogP contribution is 2.40. The Bertz CT molecular complexity index is 482. The summed E-state index contributed by atoms with van der Waals surface area (Å²) in [6.07, 6.45) is 7.35. The lowest BCUT2D eigenvalue weighted by Gasteiger charge is -2.34. The summed E-state index contributed by atoms with van der Waals surface area (Å²) in [5.74, 6) is 2.55. The van der Waals surface area contributed by atoms with Crippen LogP contribution in [0.3, 0.4) is 0 Å². The van der Waals surface area contributed by atoms with Gasteiger partial charge in [0.25, 0.3) is 0 Å². The molecule has 0 aromatic heterocycles. The SMILES string of the molecule is O=C(O)C1(c2ccc(C3CCSCC3)cc2)CCCCC1. The number of aliphatic carboxylic acids is 1. The van der Waals surface area contributed by atoms with Crippen molar-refractivity contribution in [3.8, 4) is 0 Å². The summed E-state index contributed by atoms with van der Waals surface area (Å²) in [4.78, 5) is 11.9.